The monoisotopic (exact) mass is 247 g/mol. The van der Waals surface area contributed by atoms with E-state index in [1.807, 2.05) is 12.3 Å². The third-order valence-electron chi connectivity index (χ3n) is 2.73. The van der Waals surface area contributed by atoms with Crippen LogP contribution in [0.4, 0.5) is 0 Å². The zero-order valence-corrected chi connectivity index (χ0v) is 10.9. The Morgan fingerprint density at radius 3 is 2.47 bits per heavy atom. The molecule has 0 saturated heterocycles. The lowest BCUT2D eigenvalue weighted by molar-refractivity contribution is 0.0893. The number of aliphatic hydroxyl groups excluding tert-OH is 1. The molecule has 2 atom stereocenters. The van der Waals surface area contributed by atoms with Crippen molar-refractivity contribution in [2.75, 3.05) is 6.54 Å². The third kappa shape index (κ3) is 2.72. The molecule has 86 valence electrons. The molecule has 0 aliphatic rings. The molecular formula is C11H18ClNOS. The molecule has 15 heavy (non-hydrogen) atoms. The summed E-state index contributed by atoms with van der Waals surface area (Å²) in [5, 5.41) is 12.8. The summed E-state index contributed by atoms with van der Waals surface area (Å²) in [4.78, 5) is 0.846. The fraction of sp³-hybridized carbons (Fsp3) is 0.636. The van der Waals surface area contributed by atoms with Crippen LogP contribution in [0.3, 0.4) is 0 Å². The van der Waals surface area contributed by atoms with Gasteiger partial charge in [-0.05, 0) is 30.3 Å². The van der Waals surface area contributed by atoms with Gasteiger partial charge in [0.05, 0.1) is 16.0 Å². The molecule has 0 spiro atoms. The van der Waals surface area contributed by atoms with Crippen molar-refractivity contribution < 1.29 is 5.11 Å². The number of nitrogens with two attached hydrogens (primary N) is 1. The predicted molar refractivity (Wildman–Crippen MR) is 66.4 cm³/mol. The summed E-state index contributed by atoms with van der Waals surface area (Å²) in [6.07, 6.45) is -0.541. The highest BCUT2D eigenvalue weighted by Crippen LogP contribution is 2.37. The van der Waals surface area contributed by atoms with Crippen LogP contribution in [-0.2, 0) is 0 Å². The molecule has 3 N–H and O–H groups in total. The van der Waals surface area contributed by atoms with E-state index in [0.29, 0.717) is 17.5 Å². The van der Waals surface area contributed by atoms with E-state index in [2.05, 4.69) is 13.8 Å². The summed E-state index contributed by atoms with van der Waals surface area (Å²) in [6, 6.07) is 0. The predicted octanol–water partition coefficient (Wildman–Crippen LogP) is 2.97. The van der Waals surface area contributed by atoms with Gasteiger partial charge in [0.1, 0.15) is 0 Å². The number of halogens is 1. The van der Waals surface area contributed by atoms with Crippen LogP contribution in [0.25, 0.3) is 0 Å². The molecule has 0 bridgehead atoms. The van der Waals surface area contributed by atoms with Gasteiger partial charge in [0, 0.05) is 5.92 Å². The van der Waals surface area contributed by atoms with Crippen LogP contribution in [0.1, 0.15) is 30.4 Å². The van der Waals surface area contributed by atoms with Gasteiger partial charge in [0.25, 0.3) is 0 Å². The minimum Gasteiger partial charge on any atom is -0.387 e. The van der Waals surface area contributed by atoms with E-state index in [1.165, 1.54) is 11.3 Å². The van der Waals surface area contributed by atoms with Crippen molar-refractivity contribution in [1.82, 2.24) is 0 Å². The van der Waals surface area contributed by atoms with Gasteiger partial charge in [0.15, 0.2) is 0 Å². The first-order chi connectivity index (χ1) is 6.99. The molecule has 1 heterocycles. The molecule has 2 unspecified atom stereocenters. The topological polar surface area (TPSA) is 46.2 Å². The second kappa shape index (κ2) is 5.30. The second-order valence-corrected chi connectivity index (χ2v) is 5.47. The molecule has 1 aromatic rings. The number of aryl methyl sites for hydroxylation is 1. The van der Waals surface area contributed by atoms with Crippen LogP contribution in [0.2, 0.25) is 5.02 Å². The molecule has 4 heteroatoms. The van der Waals surface area contributed by atoms with E-state index in [9.17, 15) is 5.11 Å². The fourth-order valence-electron chi connectivity index (χ4n) is 1.61. The first-order valence-corrected chi connectivity index (χ1v) is 6.36. The van der Waals surface area contributed by atoms with Crippen molar-refractivity contribution in [3.63, 3.8) is 0 Å². The Balaban J connectivity index is 2.92. The summed E-state index contributed by atoms with van der Waals surface area (Å²) in [5.74, 6) is 0.420. The Bertz CT molecular complexity index is 324. The van der Waals surface area contributed by atoms with E-state index < -0.39 is 6.10 Å². The Kier molecular flexibility index (Phi) is 4.59. The smallest absolute Gasteiger partial charge is 0.0939 e. The van der Waals surface area contributed by atoms with Crippen molar-refractivity contribution in [3.05, 3.63) is 20.8 Å². The van der Waals surface area contributed by atoms with E-state index in [0.717, 1.165) is 10.4 Å². The van der Waals surface area contributed by atoms with Crippen LogP contribution in [0.15, 0.2) is 5.38 Å². The highest BCUT2D eigenvalue weighted by Gasteiger charge is 2.26. The SMILES string of the molecule is Cc1csc(C(O)C(CN)C(C)C)c1Cl. The highest BCUT2D eigenvalue weighted by molar-refractivity contribution is 7.10. The van der Waals surface area contributed by atoms with Crippen molar-refractivity contribution >= 4 is 22.9 Å². The molecule has 0 aliphatic carbocycles. The van der Waals surface area contributed by atoms with Gasteiger partial charge in [-0.2, -0.15) is 0 Å². The standard InChI is InChI=1S/C11H18ClNOS/c1-6(2)8(4-13)10(14)11-9(12)7(3)5-15-11/h5-6,8,10,14H,4,13H2,1-3H3. The summed E-state index contributed by atoms with van der Waals surface area (Å²) in [7, 11) is 0. The molecule has 0 aromatic carbocycles. The minimum atomic E-state index is -0.541. The maximum Gasteiger partial charge on any atom is 0.0939 e. The zero-order valence-electron chi connectivity index (χ0n) is 9.33. The van der Waals surface area contributed by atoms with Crippen molar-refractivity contribution in [1.29, 1.82) is 0 Å². The van der Waals surface area contributed by atoms with Crippen molar-refractivity contribution in [2.45, 2.75) is 26.9 Å². The van der Waals surface area contributed by atoms with E-state index in [-0.39, 0.29) is 5.92 Å². The lowest BCUT2D eigenvalue weighted by Crippen LogP contribution is -2.26. The van der Waals surface area contributed by atoms with Crippen LogP contribution >= 0.6 is 22.9 Å². The van der Waals surface area contributed by atoms with Gasteiger partial charge in [-0.25, -0.2) is 0 Å². The summed E-state index contributed by atoms with van der Waals surface area (Å²) >= 11 is 7.63. The highest BCUT2D eigenvalue weighted by atomic mass is 35.5. The average Bonchev–Trinajstić information content (AvgIpc) is 2.48. The fourth-order valence-corrected chi connectivity index (χ4v) is 2.97. The molecule has 1 rings (SSSR count). The lowest BCUT2D eigenvalue weighted by Gasteiger charge is -2.24. The number of hydrogen-bond donors (Lipinski definition) is 2. The number of thiophene rings is 1. The largest absolute Gasteiger partial charge is 0.387 e. The quantitative estimate of drug-likeness (QED) is 0.859. The van der Waals surface area contributed by atoms with Gasteiger partial charge >= 0.3 is 0 Å². The molecule has 0 aliphatic heterocycles. The maximum atomic E-state index is 10.2. The van der Waals surface area contributed by atoms with Crippen molar-refractivity contribution in [3.8, 4) is 0 Å². The summed E-state index contributed by atoms with van der Waals surface area (Å²) < 4.78 is 0. The third-order valence-corrected chi connectivity index (χ3v) is 4.51. The van der Waals surface area contributed by atoms with Crippen molar-refractivity contribution in [2.24, 2.45) is 17.6 Å². The Hall–Kier alpha value is -0.0900. The summed E-state index contributed by atoms with van der Waals surface area (Å²) in [5.41, 5.74) is 6.69. The van der Waals surface area contributed by atoms with Gasteiger partial charge in [-0.15, -0.1) is 11.3 Å². The van der Waals surface area contributed by atoms with E-state index in [4.69, 9.17) is 17.3 Å². The van der Waals surface area contributed by atoms with Gasteiger partial charge < -0.3 is 10.8 Å². The summed E-state index contributed by atoms with van der Waals surface area (Å²) in [6.45, 7) is 6.55. The van der Waals surface area contributed by atoms with E-state index in [1.54, 1.807) is 0 Å². The number of hydrogen-bond acceptors (Lipinski definition) is 3. The second-order valence-electron chi connectivity index (χ2n) is 4.19. The normalized spacial score (nSPS) is 15.7. The molecule has 1 aromatic heterocycles. The molecule has 0 fully saturated rings. The van der Waals surface area contributed by atoms with Crippen LogP contribution in [0, 0.1) is 18.8 Å². The Morgan fingerprint density at radius 2 is 2.13 bits per heavy atom. The molecule has 0 amide bonds. The van der Waals surface area contributed by atoms with Gasteiger partial charge in [-0.3, -0.25) is 0 Å². The van der Waals surface area contributed by atoms with Gasteiger partial charge in [0.2, 0.25) is 0 Å². The zero-order chi connectivity index (χ0) is 11.6. The molecular weight excluding hydrogens is 230 g/mol. The molecule has 0 saturated carbocycles. The first kappa shape index (κ1) is 13.0. The van der Waals surface area contributed by atoms with E-state index >= 15 is 0 Å². The first-order valence-electron chi connectivity index (χ1n) is 5.10. The van der Waals surface area contributed by atoms with Crippen LogP contribution < -0.4 is 5.73 Å². The molecule has 2 nitrogen and oxygen atoms in total. The lowest BCUT2D eigenvalue weighted by atomic mass is 9.89. The van der Waals surface area contributed by atoms with Crippen LogP contribution in [0.5, 0.6) is 0 Å². The number of rotatable bonds is 4. The number of aliphatic hydroxyl groups is 1. The van der Waals surface area contributed by atoms with Gasteiger partial charge in [-0.1, -0.05) is 25.4 Å². The van der Waals surface area contributed by atoms with Crippen LogP contribution in [-0.4, -0.2) is 11.7 Å². The Morgan fingerprint density at radius 1 is 1.53 bits per heavy atom. The maximum absolute atomic E-state index is 10.2. The Labute approximate surface area is 100 Å². The average molecular weight is 248 g/mol. The minimum absolute atomic E-state index is 0.0700. The molecule has 0 radical (unpaired) electrons.